The van der Waals surface area contributed by atoms with Gasteiger partial charge in [-0.25, -0.2) is 4.98 Å². The van der Waals surface area contributed by atoms with E-state index in [0.29, 0.717) is 0 Å². The van der Waals surface area contributed by atoms with Crippen LogP contribution >= 0.6 is 0 Å². The Bertz CT molecular complexity index is 365. The molecule has 1 fully saturated rings. The fourth-order valence-corrected chi connectivity index (χ4v) is 3.73. The number of hydrogen-bond acceptors (Lipinski definition) is 2. The van der Waals surface area contributed by atoms with Crippen LogP contribution in [0.5, 0.6) is 0 Å². The first kappa shape index (κ1) is 10.3. The second-order valence-corrected chi connectivity index (χ2v) is 5.21. The maximum absolute atomic E-state index is 4.61. The van der Waals surface area contributed by atoms with Crippen LogP contribution in [0, 0.1) is 5.92 Å². The van der Waals surface area contributed by atoms with Crippen molar-refractivity contribution in [1.29, 1.82) is 0 Å². The van der Waals surface area contributed by atoms with E-state index in [9.17, 15) is 0 Å². The molecule has 1 atom stereocenters. The molecule has 1 unspecified atom stereocenters. The number of nitrogens with zero attached hydrogens (tertiary/aromatic N) is 1. The van der Waals surface area contributed by atoms with Crippen molar-refractivity contribution < 1.29 is 0 Å². The first-order valence-electron chi connectivity index (χ1n) is 6.64. The lowest BCUT2D eigenvalue weighted by molar-refractivity contribution is 0.185. The molecule has 3 nitrogen and oxygen atoms in total. The van der Waals surface area contributed by atoms with Gasteiger partial charge in [0.2, 0.25) is 0 Å². The van der Waals surface area contributed by atoms with Gasteiger partial charge in [-0.15, -0.1) is 0 Å². The molecule has 1 aromatic rings. The predicted molar refractivity (Wildman–Crippen MR) is 64.2 cm³/mol. The number of aromatic amines is 1. The summed E-state index contributed by atoms with van der Waals surface area (Å²) in [6, 6.07) is 0. The molecule has 0 spiro atoms. The highest BCUT2D eigenvalue weighted by Crippen LogP contribution is 2.44. The van der Waals surface area contributed by atoms with Crippen molar-refractivity contribution in [2.24, 2.45) is 5.92 Å². The van der Waals surface area contributed by atoms with E-state index in [-0.39, 0.29) is 5.54 Å². The van der Waals surface area contributed by atoms with Crippen LogP contribution in [0.25, 0.3) is 0 Å². The third-order valence-electron chi connectivity index (χ3n) is 4.57. The summed E-state index contributed by atoms with van der Waals surface area (Å²) >= 11 is 0. The van der Waals surface area contributed by atoms with Gasteiger partial charge in [0.05, 0.1) is 17.6 Å². The fraction of sp³-hybridized carbons (Fsp3) is 0.769. The number of hydrogen-bond donors (Lipinski definition) is 2. The minimum absolute atomic E-state index is 0.171. The second-order valence-electron chi connectivity index (χ2n) is 5.21. The second kappa shape index (κ2) is 3.88. The van der Waals surface area contributed by atoms with Crippen LogP contribution in [-0.2, 0) is 12.0 Å². The topological polar surface area (TPSA) is 40.7 Å². The largest absolute Gasteiger partial charge is 0.348 e. The molecule has 0 amide bonds. The summed E-state index contributed by atoms with van der Waals surface area (Å²) in [5.74, 6) is 0.792. The van der Waals surface area contributed by atoms with Crippen molar-refractivity contribution in [3.63, 3.8) is 0 Å². The summed E-state index contributed by atoms with van der Waals surface area (Å²) < 4.78 is 0. The zero-order chi connectivity index (χ0) is 11.0. The van der Waals surface area contributed by atoms with Crippen LogP contribution in [0.2, 0.25) is 0 Å². The van der Waals surface area contributed by atoms with Gasteiger partial charge in [0.1, 0.15) is 0 Å². The summed E-state index contributed by atoms with van der Waals surface area (Å²) in [6.45, 7) is 3.40. The van der Waals surface area contributed by atoms with E-state index in [1.54, 1.807) is 0 Å². The van der Waals surface area contributed by atoms with Crippen molar-refractivity contribution >= 4 is 0 Å². The summed E-state index contributed by atoms with van der Waals surface area (Å²) in [4.78, 5) is 7.93. The molecule has 16 heavy (non-hydrogen) atoms. The molecular weight excluding hydrogens is 198 g/mol. The normalized spacial score (nSPS) is 30.6. The number of imidazole rings is 1. The average molecular weight is 219 g/mol. The molecule has 2 heterocycles. The van der Waals surface area contributed by atoms with Crippen molar-refractivity contribution in [2.45, 2.75) is 51.0 Å². The van der Waals surface area contributed by atoms with Gasteiger partial charge < -0.3 is 10.3 Å². The van der Waals surface area contributed by atoms with E-state index in [0.717, 1.165) is 25.3 Å². The van der Waals surface area contributed by atoms with E-state index in [2.05, 4.69) is 22.2 Å². The molecule has 0 bridgehead atoms. The molecule has 3 rings (SSSR count). The number of nitrogens with one attached hydrogen (secondary N) is 2. The summed E-state index contributed by atoms with van der Waals surface area (Å²) in [5.41, 5.74) is 2.85. The number of rotatable bonds is 2. The van der Waals surface area contributed by atoms with Crippen molar-refractivity contribution in [3.8, 4) is 0 Å². The molecule has 1 saturated carbocycles. The molecular formula is C13H21N3. The first-order chi connectivity index (χ1) is 7.87. The van der Waals surface area contributed by atoms with Crippen LogP contribution in [0.1, 0.15) is 50.4 Å². The molecule has 1 aliphatic heterocycles. The molecule has 0 aromatic carbocycles. The Hall–Kier alpha value is -0.830. The van der Waals surface area contributed by atoms with Crippen LogP contribution in [-0.4, -0.2) is 16.5 Å². The highest BCUT2D eigenvalue weighted by molar-refractivity contribution is 5.26. The minimum Gasteiger partial charge on any atom is -0.348 e. The van der Waals surface area contributed by atoms with E-state index in [1.807, 2.05) is 6.33 Å². The molecule has 3 heteroatoms. The third kappa shape index (κ3) is 1.34. The van der Waals surface area contributed by atoms with Gasteiger partial charge in [-0.3, -0.25) is 0 Å². The van der Waals surface area contributed by atoms with Gasteiger partial charge in [-0.2, -0.15) is 0 Å². The van der Waals surface area contributed by atoms with E-state index >= 15 is 0 Å². The zero-order valence-corrected chi connectivity index (χ0v) is 10.1. The van der Waals surface area contributed by atoms with Gasteiger partial charge in [-0.1, -0.05) is 19.8 Å². The van der Waals surface area contributed by atoms with E-state index < -0.39 is 0 Å². The lowest BCUT2D eigenvalue weighted by Crippen LogP contribution is -2.51. The van der Waals surface area contributed by atoms with Gasteiger partial charge in [0.15, 0.2) is 0 Å². The number of H-pyrrole nitrogens is 1. The Morgan fingerprint density at radius 1 is 1.44 bits per heavy atom. The Kier molecular flexibility index (Phi) is 2.51. The maximum atomic E-state index is 4.61. The highest BCUT2D eigenvalue weighted by Gasteiger charge is 2.44. The Balaban J connectivity index is 2.02. The minimum atomic E-state index is 0.171. The Morgan fingerprint density at radius 3 is 3.00 bits per heavy atom. The molecule has 1 aromatic heterocycles. The quantitative estimate of drug-likeness (QED) is 0.801. The molecule has 0 radical (unpaired) electrons. The van der Waals surface area contributed by atoms with Crippen molar-refractivity contribution in [2.75, 3.05) is 6.54 Å². The van der Waals surface area contributed by atoms with Crippen LogP contribution < -0.4 is 5.32 Å². The molecule has 0 saturated heterocycles. The molecule has 88 valence electrons. The Morgan fingerprint density at radius 2 is 2.25 bits per heavy atom. The van der Waals surface area contributed by atoms with Gasteiger partial charge in [-0.05, 0) is 25.2 Å². The zero-order valence-electron chi connectivity index (χ0n) is 10.1. The van der Waals surface area contributed by atoms with Crippen LogP contribution in [0.4, 0.5) is 0 Å². The molecule has 1 aliphatic carbocycles. The summed E-state index contributed by atoms with van der Waals surface area (Å²) in [5, 5.41) is 3.78. The monoisotopic (exact) mass is 219 g/mol. The molecule has 2 aliphatic rings. The highest BCUT2D eigenvalue weighted by atomic mass is 15.1. The van der Waals surface area contributed by atoms with Crippen LogP contribution in [0.15, 0.2) is 6.33 Å². The lowest BCUT2D eigenvalue weighted by Gasteiger charge is -2.41. The standard InChI is InChI=1S/C13H21N3/c1-2-13(10-5-3-4-6-10)12-11(7-8-16-13)14-9-15-12/h9-10,16H,2-8H2,1H3,(H,14,15). The lowest BCUT2D eigenvalue weighted by atomic mass is 9.75. The predicted octanol–water partition coefficient (Wildman–Crippen LogP) is 2.35. The molecule has 2 N–H and O–H groups in total. The SMILES string of the molecule is CCC1(C2CCCC2)NCCc2[nH]cnc21. The third-order valence-corrected chi connectivity index (χ3v) is 4.57. The first-order valence-corrected chi connectivity index (χ1v) is 6.64. The van der Waals surface area contributed by atoms with Crippen LogP contribution in [0.3, 0.4) is 0 Å². The Labute approximate surface area is 97.0 Å². The summed E-state index contributed by atoms with van der Waals surface area (Å²) in [7, 11) is 0. The van der Waals surface area contributed by atoms with Crippen molar-refractivity contribution in [3.05, 3.63) is 17.7 Å². The van der Waals surface area contributed by atoms with Gasteiger partial charge >= 0.3 is 0 Å². The number of fused-ring (bicyclic) bond motifs is 1. The summed E-state index contributed by atoms with van der Waals surface area (Å²) in [6.07, 6.45) is 9.67. The van der Waals surface area contributed by atoms with E-state index in [4.69, 9.17) is 0 Å². The smallest absolute Gasteiger partial charge is 0.0926 e. The average Bonchev–Trinajstić information content (AvgIpc) is 2.99. The number of aromatic nitrogens is 2. The van der Waals surface area contributed by atoms with E-state index in [1.165, 1.54) is 37.1 Å². The fourth-order valence-electron chi connectivity index (χ4n) is 3.73. The maximum Gasteiger partial charge on any atom is 0.0926 e. The van der Waals surface area contributed by atoms with Gasteiger partial charge in [0, 0.05) is 18.7 Å². The van der Waals surface area contributed by atoms with Gasteiger partial charge in [0.25, 0.3) is 0 Å². The van der Waals surface area contributed by atoms with Crippen molar-refractivity contribution in [1.82, 2.24) is 15.3 Å².